The van der Waals surface area contributed by atoms with Crippen LogP contribution >= 0.6 is 15.9 Å². The molecule has 1 rings (SSSR count). The molecule has 0 amide bonds. The zero-order chi connectivity index (χ0) is 11.5. The van der Waals surface area contributed by atoms with Gasteiger partial charge >= 0.3 is 0 Å². The minimum atomic E-state index is -0.381. The number of pyridine rings is 1. The minimum Gasteiger partial charge on any atom is -0.382 e. The van der Waals surface area contributed by atoms with Crippen molar-refractivity contribution in [3.63, 3.8) is 0 Å². The Morgan fingerprint density at radius 1 is 1.60 bits per heavy atom. The molecule has 1 N–H and O–H groups in total. The molecule has 0 atom stereocenters. The van der Waals surface area contributed by atoms with Gasteiger partial charge in [0.2, 0.25) is 0 Å². The van der Waals surface area contributed by atoms with Crippen LogP contribution in [0.3, 0.4) is 0 Å². The summed E-state index contributed by atoms with van der Waals surface area (Å²) in [5, 5.41) is 2.98. The zero-order valence-corrected chi connectivity index (χ0v) is 10.6. The van der Waals surface area contributed by atoms with E-state index in [1.54, 1.807) is 13.3 Å². The average Bonchev–Trinajstić information content (AvgIpc) is 2.09. The van der Waals surface area contributed by atoms with E-state index in [1.807, 2.05) is 13.8 Å². The number of hydrogen-bond donors (Lipinski definition) is 1. The fourth-order valence-electron chi connectivity index (χ4n) is 1.22. The van der Waals surface area contributed by atoms with Crippen molar-refractivity contribution in [1.29, 1.82) is 0 Å². The highest BCUT2D eigenvalue weighted by atomic mass is 79.9. The van der Waals surface area contributed by atoms with Gasteiger partial charge in [0.25, 0.3) is 0 Å². The SMILES string of the molecule is COCC(C)(C)Nc1ncc(Br)cc1F. The van der Waals surface area contributed by atoms with Crippen LogP contribution in [-0.2, 0) is 4.74 Å². The summed E-state index contributed by atoms with van der Waals surface area (Å²) in [4.78, 5) is 3.96. The molecule has 0 unspecified atom stereocenters. The Morgan fingerprint density at radius 3 is 2.80 bits per heavy atom. The molecule has 3 nitrogen and oxygen atoms in total. The quantitative estimate of drug-likeness (QED) is 0.918. The van der Waals surface area contributed by atoms with E-state index in [-0.39, 0.29) is 17.2 Å². The van der Waals surface area contributed by atoms with Crippen LogP contribution in [-0.4, -0.2) is 24.2 Å². The smallest absolute Gasteiger partial charge is 0.166 e. The zero-order valence-electron chi connectivity index (χ0n) is 8.97. The maximum atomic E-state index is 13.4. The topological polar surface area (TPSA) is 34.1 Å². The predicted molar refractivity (Wildman–Crippen MR) is 61.5 cm³/mol. The van der Waals surface area contributed by atoms with Crippen LogP contribution in [0.4, 0.5) is 10.2 Å². The molecule has 5 heteroatoms. The molecular weight excluding hydrogens is 263 g/mol. The van der Waals surface area contributed by atoms with Crippen LogP contribution < -0.4 is 5.32 Å². The predicted octanol–water partition coefficient (Wildman–Crippen LogP) is 2.82. The third kappa shape index (κ3) is 3.76. The molecule has 0 saturated carbocycles. The molecule has 1 aromatic heterocycles. The van der Waals surface area contributed by atoms with Gasteiger partial charge in [0.15, 0.2) is 11.6 Å². The monoisotopic (exact) mass is 276 g/mol. The summed E-state index contributed by atoms with van der Waals surface area (Å²) in [7, 11) is 1.61. The molecular formula is C10H14BrFN2O. The Hall–Kier alpha value is -0.680. The van der Waals surface area contributed by atoms with Crippen molar-refractivity contribution in [1.82, 2.24) is 4.98 Å². The summed E-state index contributed by atoms with van der Waals surface area (Å²) in [5.41, 5.74) is -0.351. The number of hydrogen-bond acceptors (Lipinski definition) is 3. The fraction of sp³-hybridized carbons (Fsp3) is 0.500. The number of methoxy groups -OCH3 is 1. The first-order valence-corrected chi connectivity index (χ1v) is 5.32. The van der Waals surface area contributed by atoms with Crippen molar-refractivity contribution in [3.05, 3.63) is 22.6 Å². The van der Waals surface area contributed by atoms with E-state index in [4.69, 9.17) is 4.74 Å². The molecule has 0 saturated heterocycles. The molecule has 1 aromatic rings. The van der Waals surface area contributed by atoms with Gasteiger partial charge in [0.05, 0.1) is 12.1 Å². The van der Waals surface area contributed by atoms with Gasteiger partial charge in [-0.15, -0.1) is 0 Å². The lowest BCUT2D eigenvalue weighted by Crippen LogP contribution is -2.36. The van der Waals surface area contributed by atoms with Gasteiger partial charge in [-0.2, -0.15) is 0 Å². The lowest BCUT2D eigenvalue weighted by Gasteiger charge is -2.26. The molecule has 0 fully saturated rings. The van der Waals surface area contributed by atoms with Crippen LogP contribution in [0.1, 0.15) is 13.8 Å². The maximum absolute atomic E-state index is 13.4. The van der Waals surface area contributed by atoms with Crippen molar-refractivity contribution in [2.75, 3.05) is 19.0 Å². The van der Waals surface area contributed by atoms with Crippen LogP contribution in [0.2, 0.25) is 0 Å². The van der Waals surface area contributed by atoms with Gasteiger partial charge < -0.3 is 10.1 Å². The average molecular weight is 277 g/mol. The fourth-order valence-corrected chi connectivity index (χ4v) is 1.53. The van der Waals surface area contributed by atoms with Crippen LogP contribution in [0.25, 0.3) is 0 Å². The Labute approximate surface area is 97.2 Å². The number of aromatic nitrogens is 1. The second kappa shape index (κ2) is 4.90. The molecule has 0 spiro atoms. The highest BCUT2D eigenvalue weighted by molar-refractivity contribution is 9.10. The van der Waals surface area contributed by atoms with Gasteiger partial charge in [-0.3, -0.25) is 0 Å². The van der Waals surface area contributed by atoms with E-state index in [0.717, 1.165) is 0 Å². The van der Waals surface area contributed by atoms with Crippen molar-refractivity contribution in [3.8, 4) is 0 Å². The van der Waals surface area contributed by atoms with Crippen molar-refractivity contribution in [2.45, 2.75) is 19.4 Å². The third-order valence-corrected chi connectivity index (χ3v) is 2.20. The molecule has 1 heterocycles. The van der Waals surface area contributed by atoms with E-state index >= 15 is 0 Å². The van der Waals surface area contributed by atoms with Gasteiger partial charge in [-0.1, -0.05) is 0 Å². The van der Waals surface area contributed by atoms with E-state index in [9.17, 15) is 4.39 Å². The number of halogens is 2. The summed E-state index contributed by atoms with van der Waals surface area (Å²) < 4.78 is 19.1. The van der Waals surface area contributed by atoms with Crippen LogP contribution in [0, 0.1) is 5.82 Å². The van der Waals surface area contributed by atoms with Gasteiger partial charge in [-0.05, 0) is 35.8 Å². The van der Waals surface area contributed by atoms with Crippen LogP contribution in [0.5, 0.6) is 0 Å². The maximum Gasteiger partial charge on any atom is 0.166 e. The molecule has 0 aliphatic heterocycles. The van der Waals surface area contributed by atoms with E-state index in [2.05, 4.69) is 26.2 Å². The Kier molecular flexibility index (Phi) is 4.04. The summed E-state index contributed by atoms with van der Waals surface area (Å²) >= 11 is 3.15. The van der Waals surface area contributed by atoms with Gasteiger partial charge in [0, 0.05) is 17.8 Å². The number of ether oxygens (including phenoxy) is 1. The Morgan fingerprint density at radius 2 is 2.27 bits per heavy atom. The Bertz CT molecular complexity index is 344. The summed E-state index contributed by atoms with van der Waals surface area (Å²) in [6.07, 6.45) is 1.55. The van der Waals surface area contributed by atoms with Gasteiger partial charge in [-0.25, -0.2) is 9.37 Å². The molecule has 0 radical (unpaired) electrons. The molecule has 84 valence electrons. The molecule has 0 bridgehead atoms. The molecule has 0 aliphatic carbocycles. The molecule has 0 aliphatic rings. The van der Waals surface area contributed by atoms with Crippen molar-refractivity contribution >= 4 is 21.7 Å². The van der Waals surface area contributed by atoms with E-state index < -0.39 is 0 Å². The van der Waals surface area contributed by atoms with Gasteiger partial charge in [0.1, 0.15) is 0 Å². The van der Waals surface area contributed by atoms with Crippen LogP contribution in [0.15, 0.2) is 16.7 Å². The lowest BCUT2D eigenvalue weighted by molar-refractivity contribution is 0.158. The van der Waals surface area contributed by atoms with E-state index in [1.165, 1.54) is 6.07 Å². The van der Waals surface area contributed by atoms with E-state index in [0.29, 0.717) is 11.1 Å². The highest BCUT2D eigenvalue weighted by Crippen LogP contribution is 2.19. The van der Waals surface area contributed by atoms with Crippen molar-refractivity contribution in [2.24, 2.45) is 0 Å². The molecule has 0 aromatic carbocycles. The normalized spacial score (nSPS) is 11.5. The Balaban J connectivity index is 2.80. The number of nitrogens with zero attached hydrogens (tertiary/aromatic N) is 1. The van der Waals surface area contributed by atoms with Crippen molar-refractivity contribution < 1.29 is 9.13 Å². The lowest BCUT2D eigenvalue weighted by atomic mass is 10.1. The highest BCUT2D eigenvalue weighted by Gasteiger charge is 2.19. The molecule has 15 heavy (non-hydrogen) atoms. The summed E-state index contributed by atoms with van der Waals surface area (Å²) in [6.45, 7) is 4.31. The third-order valence-electron chi connectivity index (χ3n) is 1.77. The minimum absolute atomic E-state index is 0.236. The first-order valence-electron chi connectivity index (χ1n) is 4.53. The number of anilines is 1. The first kappa shape index (κ1) is 12.4. The second-order valence-electron chi connectivity index (χ2n) is 3.93. The first-order chi connectivity index (χ1) is 6.94. The summed E-state index contributed by atoms with van der Waals surface area (Å²) in [6, 6.07) is 1.37. The standard InChI is InChI=1S/C10H14BrFN2O/c1-10(2,6-15-3)14-9-8(12)4-7(11)5-13-9/h4-5H,6H2,1-3H3,(H,13,14). The number of nitrogens with one attached hydrogen (secondary N) is 1. The largest absolute Gasteiger partial charge is 0.382 e. The summed E-state index contributed by atoms with van der Waals surface area (Å²) in [5.74, 6) is -0.145. The number of rotatable bonds is 4. The second-order valence-corrected chi connectivity index (χ2v) is 4.84.